The molecule has 0 spiro atoms. The first-order valence-electron chi connectivity index (χ1n) is 9.98. The molecule has 148 valence electrons. The van der Waals surface area contributed by atoms with Crippen LogP contribution in [0, 0.1) is 17.0 Å². The minimum Gasteiger partial charge on any atom is -0.393 e. The number of amides is 1. The van der Waals surface area contributed by atoms with Crippen LogP contribution in [0.25, 0.3) is 0 Å². The summed E-state index contributed by atoms with van der Waals surface area (Å²) in [4.78, 5) is 23.8. The van der Waals surface area contributed by atoms with Crippen molar-refractivity contribution in [3.8, 4) is 0 Å². The van der Waals surface area contributed by atoms with Gasteiger partial charge in [-0.25, -0.2) is 0 Å². The van der Waals surface area contributed by atoms with Crippen LogP contribution in [0.2, 0.25) is 0 Å². The zero-order valence-corrected chi connectivity index (χ0v) is 15.9. The quantitative estimate of drug-likeness (QED) is 0.538. The van der Waals surface area contributed by atoms with Gasteiger partial charge in [0.2, 0.25) is 0 Å². The summed E-state index contributed by atoms with van der Waals surface area (Å²) in [5.74, 6) is -0.243. The van der Waals surface area contributed by atoms with Gasteiger partial charge in [-0.1, -0.05) is 19.3 Å². The molecule has 2 saturated carbocycles. The molecule has 0 saturated heterocycles. The summed E-state index contributed by atoms with van der Waals surface area (Å²) in [6.07, 6.45) is 8.18. The van der Waals surface area contributed by atoms with Crippen molar-refractivity contribution >= 4 is 17.3 Å². The average Bonchev–Trinajstić information content (AvgIpc) is 2.65. The molecule has 3 N–H and O–H groups in total. The second-order valence-electron chi connectivity index (χ2n) is 7.90. The average molecular weight is 375 g/mol. The van der Waals surface area contributed by atoms with Gasteiger partial charge in [-0.15, -0.1) is 0 Å². The lowest BCUT2D eigenvalue weighted by Crippen LogP contribution is -2.37. The smallest absolute Gasteiger partial charge is 0.270 e. The number of nitrogens with zero attached hydrogens (tertiary/aromatic N) is 1. The number of rotatable bonds is 5. The highest BCUT2D eigenvalue weighted by Crippen LogP contribution is 2.31. The number of aliphatic hydroxyl groups excluding tert-OH is 1. The fourth-order valence-electron chi connectivity index (χ4n) is 4.18. The summed E-state index contributed by atoms with van der Waals surface area (Å²) in [5.41, 5.74) is 1.66. The molecule has 3 rings (SSSR count). The Bertz CT molecular complexity index is 693. The van der Waals surface area contributed by atoms with Crippen molar-refractivity contribution in [1.82, 2.24) is 5.32 Å². The van der Waals surface area contributed by atoms with Crippen LogP contribution in [0.4, 0.5) is 11.4 Å². The number of hydrogen-bond donors (Lipinski definition) is 3. The maximum atomic E-state index is 12.9. The molecule has 7 nitrogen and oxygen atoms in total. The molecule has 1 aromatic rings. The number of carbonyl (C=O) groups excluding carboxylic acids is 1. The Balaban J connectivity index is 1.83. The fourth-order valence-corrected chi connectivity index (χ4v) is 4.18. The topological polar surface area (TPSA) is 104 Å². The van der Waals surface area contributed by atoms with Gasteiger partial charge in [-0.3, -0.25) is 14.9 Å². The highest BCUT2D eigenvalue weighted by atomic mass is 16.6. The summed E-state index contributed by atoms with van der Waals surface area (Å²) in [6.45, 7) is 1.80. The third kappa shape index (κ3) is 4.97. The minimum absolute atomic E-state index is 0.0640. The number of nitro groups is 1. The van der Waals surface area contributed by atoms with E-state index in [0.717, 1.165) is 51.4 Å². The molecule has 0 aliphatic heterocycles. The van der Waals surface area contributed by atoms with Gasteiger partial charge in [-0.2, -0.15) is 0 Å². The van der Waals surface area contributed by atoms with Crippen molar-refractivity contribution in [2.45, 2.75) is 82.9 Å². The Kier molecular flexibility index (Phi) is 6.31. The number of benzene rings is 1. The number of nitro benzene ring substituents is 1. The number of aliphatic hydroxyl groups is 1. The molecule has 0 unspecified atom stereocenters. The highest BCUT2D eigenvalue weighted by molar-refractivity contribution is 6.01. The molecule has 1 amide bonds. The van der Waals surface area contributed by atoms with Gasteiger partial charge in [0, 0.05) is 24.2 Å². The molecule has 7 heteroatoms. The number of carbonyl (C=O) groups is 1. The first kappa shape index (κ1) is 19.6. The van der Waals surface area contributed by atoms with E-state index in [1.54, 1.807) is 6.92 Å². The van der Waals surface area contributed by atoms with E-state index in [0.29, 0.717) is 16.8 Å². The molecule has 2 aliphatic carbocycles. The van der Waals surface area contributed by atoms with Crippen LogP contribution in [0.15, 0.2) is 12.1 Å². The van der Waals surface area contributed by atoms with E-state index in [-0.39, 0.29) is 29.8 Å². The van der Waals surface area contributed by atoms with E-state index in [9.17, 15) is 20.0 Å². The molecule has 0 radical (unpaired) electrons. The first-order valence-corrected chi connectivity index (χ1v) is 9.98. The van der Waals surface area contributed by atoms with E-state index in [1.807, 2.05) is 0 Å². The predicted octanol–water partition coefficient (Wildman–Crippen LogP) is 3.68. The van der Waals surface area contributed by atoms with Crippen LogP contribution in [0.3, 0.4) is 0 Å². The molecule has 2 fully saturated rings. The molecular formula is C20H29N3O4. The second-order valence-corrected chi connectivity index (χ2v) is 7.90. The number of non-ortho nitro benzene ring substituents is 1. The number of hydrogen-bond acceptors (Lipinski definition) is 5. The van der Waals surface area contributed by atoms with Crippen molar-refractivity contribution < 1.29 is 14.8 Å². The second kappa shape index (κ2) is 8.69. The Hall–Kier alpha value is -2.15. The highest BCUT2D eigenvalue weighted by Gasteiger charge is 2.25. The van der Waals surface area contributed by atoms with Gasteiger partial charge in [0.25, 0.3) is 11.6 Å². The number of nitrogens with one attached hydrogen (secondary N) is 2. The minimum atomic E-state index is -0.453. The number of aryl methyl sites for hydroxylation is 1. The molecule has 27 heavy (non-hydrogen) atoms. The molecule has 2 aliphatic rings. The van der Waals surface area contributed by atoms with Crippen LogP contribution >= 0.6 is 0 Å². The SMILES string of the molecule is Cc1cc([N+](=O)[O-])cc(C(=O)NC2CCCCC2)c1NC1CCC(O)CC1. The Morgan fingerprint density at radius 2 is 1.74 bits per heavy atom. The molecule has 0 aromatic heterocycles. The maximum Gasteiger partial charge on any atom is 0.270 e. The van der Waals surface area contributed by atoms with E-state index >= 15 is 0 Å². The van der Waals surface area contributed by atoms with Crippen molar-refractivity contribution in [3.63, 3.8) is 0 Å². The van der Waals surface area contributed by atoms with Crippen LogP contribution in [-0.2, 0) is 0 Å². The molecular weight excluding hydrogens is 346 g/mol. The van der Waals surface area contributed by atoms with Crippen molar-refractivity contribution in [2.75, 3.05) is 5.32 Å². The summed E-state index contributed by atoms with van der Waals surface area (Å²) < 4.78 is 0. The summed E-state index contributed by atoms with van der Waals surface area (Å²) in [7, 11) is 0. The van der Waals surface area contributed by atoms with Crippen molar-refractivity contribution in [2.24, 2.45) is 0 Å². The van der Waals surface area contributed by atoms with Gasteiger partial charge in [0.15, 0.2) is 0 Å². The number of anilines is 1. The largest absolute Gasteiger partial charge is 0.393 e. The van der Waals surface area contributed by atoms with E-state index in [1.165, 1.54) is 18.6 Å². The van der Waals surface area contributed by atoms with Gasteiger partial charge >= 0.3 is 0 Å². The molecule has 0 atom stereocenters. The van der Waals surface area contributed by atoms with Crippen LogP contribution < -0.4 is 10.6 Å². The summed E-state index contributed by atoms with van der Waals surface area (Å²) >= 11 is 0. The third-order valence-electron chi connectivity index (χ3n) is 5.76. The summed E-state index contributed by atoms with van der Waals surface area (Å²) in [5, 5.41) is 27.5. The molecule has 0 bridgehead atoms. The fraction of sp³-hybridized carbons (Fsp3) is 0.650. The monoisotopic (exact) mass is 375 g/mol. The normalized spacial score (nSPS) is 23.6. The van der Waals surface area contributed by atoms with Crippen LogP contribution in [0.1, 0.15) is 73.7 Å². The van der Waals surface area contributed by atoms with Gasteiger partial charge in [-0.05, 0) is 51.0 Å². The lowest BCUT2D eigenvalue weighted by atomic mass is 9.92. The lowest BCUT2D eigenvalue weighted by Gasteiger charge is -2.29. The predicted molar refractivity (Wildman–Crippen MR) is 104 cm³/mol. The van der Waals surface area contributed by atoms with Gasteiger partial charge in [0.1, 0.15) is 0 Å². The summed E-state index contributed by atoms with van der Waals surface area (Å²) in [6, 6.07) is 3.20. The lowest BCUT2D eigenvalue weighted by molar-refractivity contribution is -0.384. The zero-order valence-electron chi connectivity index (χ0n) is 15.9. The maximum absolute atomic E-state index is 12.9. The first-order chi connectivity index (χ1) is 12.9. The third-order valence-corrected chi connectivity index (χ3v) is 5.76. The standard InChI is InChI=1S/C20H29N3O4/c1-13-11-16(23(26)27)12-18(20(25)22-14-5-3-2-4-6-14)19(13)21-15-7-9-17(24)10-8-15/h11-12,14-15,17,21,24H,2-10H2,1H3,(H,22,25). The van der Waals surface area contributed by atoms with E-state index in [2.05, 4.69) is 10.6 Å². The Morgan fingerprint density at radius 3 is 2.37 bits per heavy atom. The van der Waals surface area contributed by atoms with E-state index < -0.39 is 4.92 Å². The van der Waals surface area contributed by atoms with Gasteiger partial charge < -0.3 is 15.7 Å². The Morgan fingerprint density at radius 1 is 1.07 bits per heavy atom. The van der Waals surface area contributed by atoms with Crippen LogP contribution in [-0.4, -0.2) is 34.1 Å². The van der Waals surface area contributed by atoms with Crippen LogP contribution in [0.5, 0.6) is 0 Å². The molecule has 0 heterocycles. The van der Waals surface area contributed by atoms with Crippen molar-refractivity contribution in [3.05, 3.63) is 33.4 Å². The van der Waals surface area contributed by atoms with Crippen molar-refractivity contribution in [1.29, 1.82) is 0 Å². The molecule has 1 aromatic carbocycles. The zero-order chi connectivity index (χ0) is 19.4. The van der Waals surface area contributed by atoms with E-state index in [4.69, 9.17) is 0 Å². The van der Waals surface area contributed by atoms with Gasteiger partial charge in [0.05, 0.1) is 22.3 Å². The Labute approximate surface area is 159 Å².